The molecule has 21 heavy (non-hydrogen) atoms. The quantitative estimate of drug-likeness (QED) is 0.741. The van der Waals surface area contributed by atoms with E-state index in [9.17, 15) is 22.8 Å². The summed E-state index contributed by atoms with van der Waals surface area (Å²) in [6.45, 7) is 2.58. The van der Waals surface area contributed by atoms with Crippen LogP contribution in [0.1, 0.15) is 19.4 Å². The zero-order chi connectivity index (χ0) is 16.3. The van der Waals surface area contributed by atoms with Gasteiger partial charge in [0.1, 0.15) is 0 Å². The van der Waals surface area contributed by atoms with Crippen LogP contribution in [0.2, 0.25) is 0 Å². The number of carbonyl (C=O) groups excluding carboxylic acids is 2. The van der Waals surface area contributed by atoms with Gasteiger partial charge in [0.05, 0.1) is 17.7 Å². The summed E-state index contributed by atoms with van der Waals surface area (Å²) in [5.41, 5.74) is -2.09. The van der Waals surface area contributed by atoms with Crippen molar-refractivity contribution in [2.24, 2.45) is 0 Å². The zero-order valence-electron chi connectivity index (χ0n) is 11.4. The molecule has 0 aromatic heterocycles. The molecule has 0 bridgehead atoms. The zero-order valence-corrected chi connectivity index (χ0v) is 11.4. The fraction of sp³-hybridized carbons (Fsp3) is 0.385. The molecule has 1 aromatic rings. The maximum atomic E-state index is 12.5. The van der Waals surface area contributed by atoms with E-state index in [2.05, 4.69) is 10.6 Å². The monoisotopic (exact) mass is 304 g/mol. The van der Waals surface area contributed by atoms with Crippen molar-refractivity contribution in [2.45, 2.75) is 25.6 Å². The molecule has 8 heteroatoms. The lowest BCUT2D eigenvalue weighted by Gasteiger charge is -2.22. The lowest BCUT2D eigenvalue weighted by molar-refractivity contribution is -0.137. The number of aliphatic hydroxyl groups excluding tert-OH is 1. The van der Waals surface area contributed by atoms with Gasteiger partial charge in [0, 0.05) is 5.69 Å². The van der Waals surface area contributed by atoms with Crippen LogP contribution >= 0.6 is 0 Å². The number of rotatable bonds is 3. The highest BCUT2D eigenvalue weighted by atomic mass is 19.4. The molecule has 0 aliphatic carbocycles. The third-order valence-electron chi connectivity index (χ3n) is 2.50. The Labute approximate surface area is 119 Å². The molecule has 0 saturated carbocycles. The number of alkyl halides is 3. The highest BCUT2D eigenvalue weighted by Crippen LogP contribution is 2.30. The number of benzene rings is 1. The molecule has 1 aromatic carbocycles. The van der Waals surface area contributed by atoms with Crippen LogP contribution in [0.5, 0.6) is 0 Å². The Balaban J connectivity index is 2.78. The SMILES string of the molecule is CC(C)(CO)NC(=O)C(=O)Nc1cccc(C(F)(F)F)c1. The minimum Gasteiger partial charge on any atom is -0.394 e. The van der Waals surface area contributed by atoms with E-state index in [0.29, 0.717) is 0 Å². The van der Waals surface area contributed by atoms with Crippen LogP contribution in [0.15, 0.2) is 24.3 Å². The maximum absolute atomic E-state index is 12.5. The number of amides is 2. The Kier molecular flexibility index (Phi) is 4.95. The van der Waals surface area contributed by atoms with E-state index in [1.165, 1.54) is 19.9 Å². The van der Waals surface area contributed by atoms with Crippen molar-refractivity contribution in [3.63, 3.8) is 0 Å². The van der Waals surface area contributed by atoms with E-state index in [1.807, 2.05) is 0 Å². The Hall–Kier alpha value is -2.09. The molecule has 0 spiro atoms. The highest BCUT2D eigenvalue weighted by molar-refractivity contribution is 6.39. The molecule has 0 fully saturated rings. The summed E-state index contributed by atoms with van der Waals surface area (Å²) >= 11 is 0. The number of hydrogen-bond donors (Lipinski definition) is 3. The van der Waals surface area contributed by atoms with E-state index in [0.717, 1.165) is 18.2 Å². The Bertz CT molecular complexity index is 542. The number of hydrogen-bond acceptors (Lipinski definition) is 3. The predicted octanol–water partition coefficient (Wildman–Crippen LogP) is 1.53. The second-order valence-electron chi connectivity index (χ2n) is 5.03. The van der Waals surface area contributed by atoms with Crippen molar-refractivity contribution in [3.8, 4) is 0 Å². The molecule has 1 rings (SSSR count). The largest absolute Gasteiger partial charge is 0.416 e. The Morgan fingerprint density at radius 1 is 1.19 bits per heavy atom. The standard InChI is InChI=1S/C13H15F3N2O3/c1-12(2,7-19)18-11(21)10(20)17-9-5-3-4-8(6-9)13(14,15)16/h3-6,19H,7H2,1-2H3,(H,17,20)(H,18,21). The van der Waals surface area contributed by atoms with Crippen molar-refractivity contribution in [1.29, 1.82) is 0 Å². The van der Waals surface area contributed by atoms with Gasteiger partial charge in [0.2, 0.25) is 0 Å². The molecule has 0 saturated heterocycles. The van der Waals surface area contributed by atoms with Gasteiger partial charge in [-0.15, -0.1) is 0 Å². The van der Waals surface area contributed by atoms with Crippen molar-refractivity contribution >= 4 is 17.5 Å². The van der Waals surface area contributed by atoms with Gasteiger partial charge in [0.15, 0.2) is 0 Å². The molecule has 3 N–H and O–H groups in total. The summed E-state index contributed by atoms with van der Waals surface area (Å²) < 4.78 is 37.5. The van der Waals surface area contributed by atoms with Crippen LogP contribution in [-0.4, -0.2) is 29.1 Å². The van der Waals surface area contributed by atoms with Crippen LogP contribution < -0.4 is 10.6 Å². The summed E-state index contributed by atoms with van der Waals surface area (Å²) in [5.74, 6) is -2.16. The smallest absolute Gasteiger partial charge is 0.394 e. The van der Waals surface area contributed by atoms with Gasteiger partial charge in [-0.05, 0) is 32.0 Å². The van der Waals surface area contributed by atoms with Gasteiger partial charge in [-0.3, -0.25) is 9.59 Å². The topological polar surface area (TPSA) is 78.4 Å². The molecule has 0 heterocycles. The van der Waals surface area contributed by atoms with Crippen molar-refractivity contribution < 1.29 is 27.9 Å². The van der Waals surface area contributed by atoms with Crippen molar-refractivity contribution in [3.05, 3.63) is 29.8 Å². The fourth-order valence-electron chi connectivity index (χ4n) is 1.36. The third kappa shape index (κ3) is 5.07. The van der Waals surface area contributed by atoms with E-state index in [4.69, 9.17) is 5.11 Å². The maximum Gasteiger partial charge on any atom is 0.416 e. The van der Waals surface area contributed by atoms with E-state index < -0.39 is 35.7 Å². The molecule has 0 atom stereocenters. The average molecular weight is 304 g/mol. The van der Waals surface area contributed by atoms with Crippen LogP contribution in [0, 0.1) is 0 Å². The first-order valence-corrected chi connectivity index (χ1v) is 5.97. The lowest BCUT2D eigenvalue weighted by atomic mass is 10.1. The van der Waals surface area contributed by atoms with Gasteiger partial charge in [0.25, 0.3) is 0 Å². The molecule has 2 amide bonds. The number of aliphatic hydroxyl groups is 1. The molecule has 116 valence electrons. The molecular formula is C13H15F3N2O3. The van der Waals surface area contributed by atoms with Crippen LogP contribution in [0.4, 0.5) is 18.9 Å². The van der Waals surface area contributed by atoms with Gasteiger partial charge in [-0.2, -0.15) is 13.2 Å². The Morgan fingerprint density at radius 2 is 1.81 bits per heavy atom. The molecule has 0 radical (unpaired) electrons. The number of carbonyl (C=O) groups is 2. The first kappa shape index (κ1) is 17.0. The minimum atomic E-state index is -4.54. The van der Waals surface area contributed by atoms with Crippen LogP contribution in [0.3, 0.4) is 0 Å². The normalized spacial score (nSPS) is 11.9. The number of anilines is 1. The summed E-state index contributed by atoms with van der Waals surface area (Å²) in [6, 6.07) is 3.93. The van der Waals surface area contributed by atoms with E-state index in [-0.39, 0.29) is 5.69 Å². The predicted molar refractivity (Wildman–Crippen MR) is 69.4 cm³/mol. The van der Waals surface area contributed by atoms with Crippen LogP contribution in [-0.2, 0) is 15.8 Å². The summed E-state index contributed by atoms with van der Waals surface area (Å²) in [7, 11) is 0. The molecule has 5 nitrogen and oxygen atoms in total. The fourth-order valence-corrected chi connectivity index (χ4v) is 1.36. The first-order chi connectivity index (χ1) is 9.55. The lowest BCUT2D eigenvalue weighted by Crippen LogP contribution is -2.50. The summed E-state index contributed by atoms with van der Waals surface area (Å²) in [6.07, 6.45) is -4.54. The summed E-state index contributed by atoms with van der Waals surface area (Å²) in [4.78, 5) is 23.1. The number of nitrogens with one attached hydrogen (secondary N) is 2. The minimum absolute atomic E-state index is 0.147. The Morgan fingerprint density at radius 3 is 2.33 bits per heavy atom. The van der Waals surface area contributed by atoms with Gasteiger partial charge < -0.3 is 15.7 Å². The molecule has 0 aliphatic heterocycles. The third-order valence-corrected chi connectivity index (χ3v) is 2.50. The second kappa shape index (κ2) is 6.13. The molecule has 0 aliphatic rings. The first-order valence-electron chi connectivity index (χ1n) is 5.97. The molecular weight excluding hydrogens is 289 g/mol. The highest BCUT2D eigenvalue weighted by Gasteiger charge is 2.31. The number of halogens is 3. The van der Waals surface area contributed by atoms with Gasteiger partial charge in [-0.25, -0.2) is 0 Å². The summed E-state index contributed by atoms with van der Waals surface area (Å²) in [5, 5.41) is 13.3. The van der Waals surface area contributed by atoms with Crippen LogP contribution in [0.25, 0.3) is 0 Å². The van der Waals surface area contributed by atoms with Crippen molar-refractivity contribution in [1.82, 2.24) is 5.32 Å². The van der Waals surface area contributed by atoms with Crippen molar-refractivity contribution in [2.75, 3.05) is 11.9 Å². The molecule has 0 unspecified atom stereocenters. The van der Waals surface area contributed by atoms with Gasteiger partial charge >= 0.3 is 18.0 Å². The van der Waals surface area contributed by atoms with E-state index in [1.54, 1.807) is 0 Å². The second-order valence-corrected chi connectivity index (χ2v) is 5.03. The average Bonchev–Trinajstić information content (AvgIpc) is 2.37. The van der Waals surface area contributed by atoms with Gasteiger partial charge in [-0.1, -0.05) is 6.07 Å². The van der Waals surface area contributed by atoms with E-state index >= 15 is 0 Å².